The van der Waals surface area contributed by atoms with Crippen LogP contribution >= 0.6 is 0 Å². The van der Waals surface area contributed by atoms with E-state index in [1.165, 1.54) is 38.6 Å². The highest BCUT2D eigenvalue weighted by Gasteiger charge is 2.09. The molecule has 0 aliphatic rings. The van der Waals surface area contributed by atoms with Crippen LogP contribution in [0.4, 0.5) is 0 Å². The molecule has 0 aliphatic heterocycles. The third kappa shape index (κ3) is 7.24. The standard InChI is InChI=1S/C14H32N2/c1-6-14(7-2)16(5)12-10-9-11-13(4)15-8-3/h13-15H,6-12H2,1-5H3. The average molecular weight is 228 g/mol. The fraction of sp³-hybridized carbons (Fsp3) is 1.00. The van der Waals surface area contributed by atoms with Crippen molar-refractivity contribution in [3.05, 3.63) is 0 Å². The fourth-order valence-electron chi connectivity index (χ4n) is 2.36. The first-order valence-electron chi connectivity index (χ1n) is 7.09. The average Bonchev–Trinajstić information content (AvgIpc) is 2.26. The van der Waals surface area contributed by atoms with Crippen molar-refractivity contribution in [3.63, 3.8) is 0 Å². The molecule has 0 saturated carbocycles. The first-order chi connectivity index (χ1) is 7.65. The summed E-state index contributed by atoms with van der Waals surface area (Å²) in [6.07, 6.45) is 6.55. The van der Waals surface area contributed by atoms with Crippen LogP contribution < -0.4 is 5.32 Å². The lowest BCUT2D eigenvalue weighted by atomic mass is 10.1. The van der Waals surface area contributed by atoms with Gasteiger partial charge in [0.1, 0.15) is 0 Å². The molecule has 0 radical (unpaired) electrons. The van der Waals surface area contributed by atoms with E-state index in [1.807, 2.05) is 0 Å². The molecule has 2 heteroatoms. The Balaban J connectivity index is 3.50. The SMILES string of the molecule is CCNC(C)CCCCN(C)C(CC)CC. The lowest BCUT2D eigenvalue weighted by Gasteiger charge is -2.26. The van der Waals surface area contributed by atoms with Crippen molar-refractivity contribution in [2.75, 3.05) is 20.1 Å². The second-order valence-electron chi connectivity index (χ2n) is 4.91. The fourth-order valence-corrected chi connectivity index (χ4v) is 2.36. The van der Waals surface area contributed by atoms with Crippen molar-refractivity contribution in [3.8, 4) is 0 Å². The Kier molecular flexibility index (Phi) is 10.0. The van der Waals surface area contributed by atoms with Gasteiger partial charge in [-0.3, -0.25) is 0 Å². The Hall–Kier alpha value is -0.0800. The summed E-state index contributed by atoms with van der Waals surface area (Å²) in [5.74, 6) is 0. The largest absolute Gasteiger partial charge is 0.315 e. The van der Waals surface area contributed by atoms with Crippen LogP contribution in [-0.4, -0.2) is 37.1 Å². The predicted octanol–water partition coefficient (Wildman–Crippen LogP) is 3.28. The highest BCUT2D eigenvalue weighted by molar-refractivity contribution is 4.66. The molecule has 0 aromatic carbocycles. The zero-order valence-electron chi connectivity index (χ0n) is 12.1. The molecular formula is C14H32N2. The Morgan fingerprint density at radius 3 is 2.19 bits per heavy atom. The third-order valence-corrected chi connectivity index (χ3v) is 3.52. The van der Waals surface area contributed by atoms with Crippen LogP contribution in [0.5, 0.6) is 0 Å². The maximum atomic E-state index is 3.47. The second-order valence-corrected chi connectivity index (χ2v) is 4.91. The Morgan fingerprint density at radius 2 is 1.69 bits per heavy atom. The highest BCUT2D eigenvalue weighted by Crippen LogP contribution is 2.08. The zero-order chi connectivity index (χ0) is 12.4. The monoisotopic (exact) mass is 228 g/mol. The molecule has 1 atom stereocenters. The predicted molar refractivity (Wildman–Crippen MR) is 74.0 cm³/mol. The first kappa shape index (κ1) is 15.9. The molecule has 16 heavy (non-hydrogen) atoms. The van der Waals surface area contributed by atoms with Crippen molar-refractivity contribution in [1.82, 2.24) is 10.2 Å². The van der Waals surface area contributed by atoms with Crippen LogP contribution in [0.1, 0.15) is 59.8 Å². The molecule has 0 bridgehead atoms. The molecule has 0 amide bonds. The molecule has 0 heterocycles. The van der Waals surface area contributed by atoms with E-state index in [0.717, 1.165) is 12.6 Å². The Morgan fingerprint density at radius 1 is 1.06 bits per heavy atom. The van der Waals surface area contributed by atoms with E-state index in [9.17, 15) is 0 Å². The van der Waals surface area contributed by atoms with E-state index in [1.54, 1.807) is 0 Å². The lowest BCUT2D eigenvalue weighted by molar-refractivity contribution is 0.224. The smallest absolute Gasteiger partial charge is 0.00869 e. The molecule has 0 aromatic heterocycles. The molecule has 0 spiro atoms. The molecule has 0 rings (SSSR count). The number of nitrogens with one attached hydrogen (secondary N) is 1. The van der Waals surface area contributed by atoms with Crippen LogP contribution in [0.2, 0.25) is 0 Å². The number of hydrogen-bond acceptors (Lipinski definition) is 2. The molecule has 1 unspecified atom stereocenters. The topological polar surface area (TPSA) is 15.3 Å². The van der Waals surface area contributed by atoms with Gasteiger partial charge in [0.05, 0.1) is 0 Å². The zero-order valence-corrected chi connectivity index (χ0v) is 12.1. The van der Waals surface area contributed by atoms with Crippen molar-refractivity contribution in [2.45, 2.75) is 71.9 Å². The Labute approximate surface area is 103 Å². The molecule has 98 valence electrons. The van der Waals surface area contributed by atoms with E-state index >= 15 is 0 Å². The van der Waals surface area contributed by atoms with Gasteiger partial charge in [0.2, 0.25) is 0 Å². The minimum Gasteiger partial charge on any atom is -0.315 e. The molecule has 2 nitrogen and oxygen atoms in total. The van der Waals surface area contributed by atoms with Gasteiger partial charge in [0.25, 0.3) is 0 Å². The summed E-state index contributed by atoms with van der Waals surface area (Å²) >= 11 is 0. The summed E-state index contributed by atoms with van der Waals surface area (Å²) in [6, 6.07) is 1.47. The van der Waals surface area contributed by atoms with Crippen LogP contribution in [0.25, 0.3) is 0 Å². The summed E-state index contributed by atoms with van der Waals surface area (Å²) in [6.45, 7) is 11.4. The van der Waals surface area contributed by atoms with Crippen LogP contribution in [-0.2, 0) is 0 Å². The van der Waals surface area contributed by atoms with Gasteiger partial charge in [-0.25, -0.2) is 0 Å². The molecule has 0 aliphatic carbocycles. The minimum atomic E-state index is 0.684. The van der Waals surface area contributed by atoms with Gasteiger partial charge in [0.15, 0.2) is 0 Å². The molecule has 0 fully saturated rings. The third-order valence-electron chi connectivity index (χ3n) is 3.52. The summed E-state index contributed by atoms with van der Waals surface area (Å²) in [7, 11) is 2.27. The van der Waals surface area contributed by atoms with Gasteiger partial charge in [-0.15, -0.1) is 0 Å². The Bertz CT molecular complexity index is 144. The maximum absolute atomic E-state index is 3.47. The maximum Gasteiger partial charge on any atom is 0.00869 e. The lowest BCUT2D eigenvalue weighted by Crippen LogP contribution is -2.31. The minimum absolute atomic E-state index is 0.684. The molecule has 1 N–H and O–H groups in total. The normalized spacial score (nSPS) is 13.7. The van der Waals surface area contributed by atoms with Crippen LogP contribution in [0.3, 0.4) is 0 Å². The van der Waals surface area contributed by atoms with E-state index in [4.69, 9.17) is 0 Å². The molecule has 0 aromatic rings. The van der Waals surface area contributed by atoms with Crippen LogP contribution in [0, 0.1) is 0 Å². The van der Waals surface area contributed by atoms with Gasteiger partial charge in [-0.1, -0.05) is 27.2 Å². The molecule has 0 saturated heterocycles. The number of rotatable bonds is 10. The first-order valence-corrected chi connectivity index (χ1v) is 7.09. The van der Waals surface area contributed by atoms with E-state index in [0.29, 0.717) is 6.04 Å². The van der Waals surface area contributed by atoms with Crippen molar-refractivity contribution in [2.24, 2.45) is 0 Å². The van der Waals surface area contributed by atoms with Crippen molar-refractivity contribution in [1.29, 1.82) is 0 Å². The number of nitrogens with zero attached hydrogens (tertiary/aromatic N) is 1. The van der Waals surface area contributed by atoms with Gasteiger partial charge < -0.3 is 10.2 Å². The van der Waals surface area contributed by atoms with Gasteiger partial charge in [-0.2, -0.15) is 0 Å². The molecular weight excluding hydrogens is 196 g/mol. The number of unbranched alkanes of at least 4 members (excludes halogenated alkanes) is 1. The van der Waals surface area contributed by atoms with Gasteiger partial charge in [-0.05, 0) is 52.7 Å². The van der Waals surface area contributed by atoms with E-state index in [-0.39, 0.29) is 0 Å². The van der Waals surface area contributed by atoms with Crippen molar-refractivity contribution < 1.29 is 0 Å². The van der Waals surface area contributed by atoms with E-state index in [2.05, 4.69) is 45.0 Å². The van der Waals surface area contributed by atoms with Crippen LogP contribution in [0.15, 0.2) is 0 Å². The summed E-state index contributed by atoms with van der Waals surface area (Å²) < 4.78 is 0. The van der Waals surface area contributed by atoms with Gasteiger partial charge >= 0.3 is 0 Å². The summed E-state index contributed by atoms with van der Waals surface area (Å²) in [5, 5.41) is 3.47. The number of hydrogen-bond donors (Lipinski definition) is 1. The summed E-state index contributed by atoms with van der Waals surface area (Å²) in [4.78, 5) is 2.53. The summed E-state index contributed by atoms with van der Waals surface area (Å²) in [5.41, 5.74) is 0. The van der Waals surface area contributed by atoms with Crippen molar-refractivity contribution >= 4 is 0 Å². The highest BCUT2D eigenvalue weighted by atomic mass is 15.1. The quantitative estimate of drug-likeness (QED) is 0.577. The van der Waals surface area contributed by atoms with E-state index < -0.39 is 0 Å². The van der Waals surface area contributed by atoms with Gasteiger partial charge in [0, 0.05) is 12.1 Å². The second kappa shape index (κ2) is 10.1.